The molecule has 0 aliphatic carbocycles. The molecule has 0 saturated carbocycles. The van der Waals surface area contributed by atoms with Crippen molar-refractivity contribution < 1.29 is 28.6 Å². The molecule has 426 valence electrons. The molecule has 0 aromatic carbocycles. The minimum atomic E-state index is -0.787. The summed E-state index contributed by atoms with van der Waals surface area (Å²) >= 11 is 0. The van der Waals surface area contributed by atoms with Crippen molar-refractivity contribution in [3.05, 3.63) is 85.1 Å². The number of ether oxygens (including phenoxy) is 3. The third-order valence-corrected chi connectivity index (χ3v) is 13.6. The van der Waals surface area contributed by atoms with E-state index in [4.69, 9.17) is 14.2 Å². The molecule has 1 atom stereocenters. The average molecular weight is 1030 g/mol. The Kier molecular flexibility index (Phi) is 59.3. The van der Waals surface area contributed by atoms with Crippen LogP contribution in [-0.2, 0) is 28.6 Å². The summed E-state index contributed by atoms with van der Waals surface area (Å²) in [6.07, 6.45) is 81.5. The molecule has 74 heavy (non-hydrogen) atoms. The topological polar surface area (TPSA) is 78.9 Å². The number of rotatable bonds is 57. The lowest BCUT2D eigenvalue weighted by molar-refractivity contribution is -0.167. The highest BCUT2D eigenvalue weighted by atomic mass is 16.6. The molecule has 6 nitrogen and oxygen atoms in total. The summed E-state index contributed by atoms with van der Waals surface area (Å²) in [4.78, 5) is 38.3. The van der Waals surface area contributed by atoms with Crippen LogP contribution in [0, 0.1) is 0 Å². The lowest BCUT2D eigenvalue weighted by atomic mass is 10.0. The van der Waals surface area contributed by atoms with E-state index in [0.29, 0.717) is 19.3 Å². The second kappa shape index (κ2) is 62.1. The van der Waals surface area contributed by atoms with Crippen LogP contribution in [0.2, 0.25) is 0 Å². The molecule has 0 saturated heterocycles. The maximum absolute atomic E-state index is 12.9. The molecule has 0 fully saturated rings. The number of hydrogen-bond donors (Lipinski definition) is 0. The number of carbonyl (C=O) groups excluding carboxylic acids is 3. The van der Waals surface area contributed by atoms with Gasteiger partial charge in [0.25, 0.3) is 0 Å². The molecular weight excluding hydrogens is 913 g/mol. The van der Waals surface area contributed by atoms with Crippen molar-refractivity contribution in [2.75, 3.05) is 13.2 Å². The van der Waals surface area contributed by atoms with Gasteiger partial charge in [0, 0.05) is 19.3 Å². The van der Waals surface area contributed by atoms with E-state index >= 15 is 0 Å². The van der Waals surface area contributed by atoms with Crippen molar-refractivity contribution in [3.63, 3.8) is 0 Å². The smallest absolute Gasteiger partial charge is 0.306 e. The van der Waals surface area contributed by atoms with Crippen molar-refractivity contribution in [2.24, 2.45) is 0 Å². The first-order valence-corrected chi connectivity index (χ1v) is 31.6. The van der Waals surface area contributed by atoms with E-state index in [9.17, 15) is 14.4 Å². The number of carbonyl (C=O) groups is 3. The first-order valence-electron chi connectivity index (χ1n) is 31.6. The highest BCUT2D eigenvalue weighted by Crippen LogP contribution is 2.16. The molecule has 0 aliphatic rings. The van der Waals surface area contributed by atoms with E-state index in [1.807, 2.05) is 0 Å². The van der Waals surface area contributed by atoms with E-state index in [0.717, 1.165) is 116 Å². The van der Waals surface area contributed by atoms with E-state index in [2.05, 4.69) is 106 Å². The Bertz CT molecular complexity index is 1420. The van der Waals surface area contributed by atoms with Crippen LogP contribution in [0.5, 0.6) is 0 Å². The molecule has 0 radical (unpaired) electrons. The van der Waals surface area contributed by atoms with Crippen LogP contribution in [0.4, 0.5) is 0 Å². The Morgan fingerprint density at radius 2 is 0.527 bits per heavy atom. The van der Waals surface area contributed by atoms with Gasteiger partial charge in [0.15, 0.2) is 6.10 Å². The molecule has 0 heterocycles. The second-order valence-electron chi connectivity index (χ2n) is 20.9. The number of esters is 3. The molecule has 0 amide bonds. The zero-order valence-electron chi connectivity index (χ0n) is 48.8. The van der Waals surface area contributed by atoms with E-state index < -0.39 is 6.10 Å². The molecule has 0 N–H and O–H groups in total. The van der Waals surface area contributed by atoms with Crippen molar-refractivity contribution in [2.45, 2.75) is 316 Å². The number of hydrogen-bond acceptors (Lipinski definition) is 6. The average Bonchev–Trinajstić information content (AvgIpc) is 3.40. The first kappa shape index (κ1) is 70.6. The molecule has 6 heteroatoms. The quantitative estimate of drug-likeness (QED) is 0.0261. The van der Waals surface area contributed by atoms with Gasteiger partial charge < -0.3 is 14.2 Å². The summed E-state index contributed by atoms with van der Waals surface area (Å²) in [5.41, 5.74) is 0. The van der Waals surface area contributed by atoms with Crippen LogP contribution in [0.25, 0.3) is 0 Å². The van der Waals surface area contributed by atoms with Gasteiger partial charge in [0.05, 0.1) is 0 Å². The fourth-order valence-corrected chi connectivity index (χ4v) is 8.91. The lowest BCUT2D eigenvalue weighted by Gasteiger charge is -2.18. The SMILES string of the molecule is CC/C=C\C/C=C\C/C=C\C/C=C\C/C=C\CCCCCCCCCC(=O)OCC(COC(=O)CCCCCCC/C=C\C/C=C\CCCCCC)OC(=O)CCCCCCCCCCCCCCCCCCC. The molecule has 0 rings (SSSR count). The third kappa shape index (κ3) is 59.5. The Morgan fingerprint density at radius 3 is 0.838 bits per heavy atom. The Balaban J connectivity index is 4.39. The Morgan fingerprint density at radius 1 is 0.284 bits per heavy atom. The monoisotopic (exact) mass is 1030 g/mol. The molecule has 0 bridgehead atoms. The van der Waals surface area contributed by atoms with E-state index in [1.165, 1.54) is 154 Å². The van der Waals surface area contributed by atoms with Gasteiger partial charge in [-0.3, -0.25) is 14.4 Å². The molecule has 0 aromatic heterocycles. The first-order chi connectivity index (χ1) is 36.5. The summed E-state index contributed by atoms with van der Waals surface area (Å²) in [6.45, 7) is 6.52. The minimum absolute atomic E-state index is 0.0848. The van der Waals surface area contributed by atoms with Crippen LogP contribution in [-0.4, -0.2) is 37.2 Å². The Hall–Kier alpha value is -3.41. The summed E-state index contributed by atoms with van der Waals surface area (Å²) in [5.74, 6) is -0.894. The summed E-state index contributed by atoms with van der Waals surface area (Å²) < 4.78 is 16.9. The highest BCUT2D eigenvalue weighted by molar-refractivity contribution is 5.71. The zero-order chi connectivity index (χ0) is 53.6. The number of allylic oxidation sites excluding steroid dienone is 14. The summed E-state index contributed by atoms with van der Waals surface area (Å²) in [5, 5.41) is 0. The van der Waals surface area contributed by atoms with Crippen LogP contribution >= 0.6 is 0 Å². The van der Waals surface area contributed by atoms with Gasteiger partial charge in [-0.1, -0.05) is 279 Å². The molecular formula is C68H118O6. The third-order valence-electron chi connectivity index (χ3n) is 13.6. The fourth-order valence-electron chi connectivity index (χ4n) is 8.91. The van der Waals surface area contributed by atoms with Crippen molar-refractivity contribution >= 4 is 17.9 Å². The largest absolute Gasteiger partial charge is 0.462 e. The Labute approximate surface area is 458 Å². The predicted octanol–water partition coefficient (Wildman–Crippen LogP) is 21.5. The molecule has 1 unspecified atom stereocenters. The van der Waals surface area contributed by atoms with E-state index in [-0.39, 0.29) is 31.1 Å². The van der Waals surface area contributed by atoms with Gasteiger partial charge in [-0.05, 0) is 96.3 Å². The predicted molar refractivity (Wildman–Crippen MR) is 321 cm³/mol. The molecule has 0 spiro atoms. The van der Waals surface area contributed by atoms with Gasteiger partial charge >= 0.3 is 17.9 Å². The maximum atomic E-state index is 12.9. The van der Waals surface area contributed by atoms with Gasteiger partial charge in [-0.2, -0.15) is 0 Å². The maximum Gasteiger partial charge on any atom is 0.306 e. The van der Waals surface area contributed by atoms with Crippen LogP contribution in [0.3, 0.4) is 0 Å². The van der Waals surface area contributed by atoms with Gasteiger partial charge in [-0.25, -0.2) is 0 Å². The van der Waals surface area contributed by atoms with E-state index in [1.54, 1.807) is 0 Å². The molecule has 0 aliphatic heterocycles. The molecule has 0 aromatic rings. The summed E-state index contributed by atoms with van der Waals surface area (Å²) in [6, 6.07) is 0. The van der Waals surface area contributed by atoms with Gasteiger partial charge in [0.1, 0.15) is 13.2 Å². The van der Waals surface area contributed by atoms with Crippen LogP contribution in [0.1, 0.15) is 310 Å². The van der Waals surface area contributed by atoms with Crippen molar-refractivity contribution in [3.8, 4) is 0 Å². The van der Waals surface area contributed by atoms with Gasteiger partial charge in [0.2, 0.25) is 0 Å². The lowest BCUT2D eigenvalue weighted by Crippen LogP contribution is -2.30. The van der Waals surface area contributed by atoms with Crippen LogP contribution < -0.4 is 0 Å². The minimum Gasteiger partial charge on any atom is -0.462 e. The summed E-state index contributed by atoms with van der Waals surface area (Å²) in [7, 11) is 0. The van der Waals surface area contributed by atoms with Crippen molar-refractivity contribution in [1.29, 1.82) is 0 Å². The van der Waals surface area contributed by atoms with Crippen molar-refractivity contribution in [1.82, 2.24) is 0 Å². The number of unbranched alkanes of at least 4 members (excludes halogenated alkanes) is 32. The standard InChI is InChI=1S/C68H118O6/c1-4-7-10-13-16-19-22-25-28-31-32-33-34-35-36-38-40-43-46-49-52-55-58-61-67(70)73-64-65(63-72-66(69)60-57-54-51-48-45-42-39-30-27-24-21-18-15-12-9-6-3)74-68(71)62-59-56-53-50-47-44-41-37-29-26-23-20-17-14-11-8-5-2/h7,10,16,19,21,24-25,28,30,32-33,35-36,39,65H,4-6,8-9,11-15,17-18,20,22-23,26-27,29,31,34,37-38,40-64H2,1-3H3/b10-7-,19-16-,24-21-,28-25-,33-32-,36-35-,39-30-. The van der Waals surface area contributed by atoms with Crippen LogP contribution in [0.15, 0.2) is 85.1 Å². The second-order valence-corrected chi connectivity index (χ2v) is 20.9. The zero-order valence-corrected chi connectivity index (χ0v) is 48.8. The highest BCUT2D eigenvalue weighted by Gasteiger charge is 2.19. The normalized spacial score (nSPS) is 12.6. The van der Waals surface area contributed by atoms with Gasteiger partial charge in [-0.15, -0.1) is 0 Å². The fraction of sp³-hybridized carbons (Fsp3) is 0.750.